The van der Waals surface area contributed by atoms with Crippen molar-refractivity contribution in [3.05, 3.63) is 29.3 Å². The molecule has 2 fully saturated rings. The number of nitrogens with one attached hydrogen (secondary N) is 1. The van der Waals surface area contributed by atoms with Crippen molar-refractivity contribution in [2.45, 2.75) is 52.4 Å². The number of anilines is 1. The zero-order valence-corrected chi connectivity index (χ0v) is 17.0. The number of para-hydroxylation sites is 1. The molecule has 1 aromatic rings. The van der Waals surface area contributed by atoms with Crippen LogP contribution < -0.4 is 5.32 Å². The van der Waals surface area contributed by atoms with E-state index in [9.17, 15) is 19.2 Å². The lowest BCUT2D eigenvalue weighted by molar-refractivity contribution is -0.154. The predicted octanol–water partition coefficient (Wildman–Crippen LogP) is 2.47. The highest BCUT2D eigenvalue weighted by atomic mass is 16.5. The molecule has 1 heterocycles. The normalized spacial score (nSPS) is 21.1. The Morgan fingerprint density at radius 2 is 1.59 bits per heavy atom. The van der Waals surface area contributed by atoms with Crippen LogP contribution in [-0.2, 0) is 36.8 Å². The van der Waals surface area contributed by atoms with E-state index in [1.807, 2.05) is 32.0 Å². The van der Waals surface area contributed by atoms with Gasteiger partial charge in [0.05, 0.1) is 11.8 Å². The van der Waals surface area contributed by atoms with E-state index in [-0.39, 0.29) is 23.7 Å². The first-order chi connectivity index (χ1) is 14.0. The van der Waals surface area contributed by atoms with Gasteiger partial charge in [-0.3, -0.25) is 24.1 Å². The van der Waals surface area contributed by atoms with E-state index >= 15 is 0 Å². The molecule has 3 rings (SSSR count). The highest BCUT2D eigenvalue weighted by Gasteiger charge is 2.48. The molecule has 7 nitrogen and oxygen atoms in total. The van der Waals surface area contributed by atoms with Gasteiger partial charge in [-0.1, -0.05) is 44.9 Å². The van der Waals surface area contributed by atoms with Crippen molar-refractivity contribution in [1.29, 1.82) is 0 Å². The number of rotatable bonds is 7. The van der Waals surface area contributed by atoms with E-state index < -0.39 is 25.0 Å². The van der Waals surface area contributed by atoms with Gasteiger partial charge in [0.1, 0.15) is 6.54 Å². The number of amides is 3. The second-order valence-corrected chi connectivity index (χ2v) is 7.63. The number of nitrogens with zero attached hydrogens (tertiary/aromatic N) is 1. The van der Waals surface area contributed by atoms with Crippen molar-refractivity contribution in [1.82, 2.24) is 4.90 Å². The van der Waals surface area contributed by atoms with E-state index in [1.54, 1.807) is 0 Å². The van der Waals surface area contributed by atoms with Gasteiger partial charge in [0.2, 0.25) is 11.8 Å². The Kier molecular flexibility index (Phi) is 6.67. The Hall–Kier alpha value is -2.70. The molecule has 0 radical (unpaired) electrons. The summed E-state index contributed by atoms with van der Waals surface area (Å²) in [6, 6.07) is 5.85. The standard InChI is InChI=1S/C22H28N2O5/c1-3-14-8-7-9-15(4-2)20(14)23-18(25)13-29-19(26)12-24-21(27)16-10-5-6-11-17(16)22(24)28/h7-9,16-17H,3-6,10-13H2,1-2H3,(H,23,25)/t16-,17+. The summed E-state index contributed by atoms with van der Waals surface area (Å²) in [6.45, 7) is 3.13. The number of hydrogen-bond donors (Lipinski definition) is 1. The van der Waals surface area contributed by atoms with Crippen LogP contribution in [0, 0.1) is 11.8 Å². The highest BCUT2D eigenvalue weighted by Crippen LogP contribution is 2.37. The first-order valence-electron chi connectivity index (χ1n) is 10.4. The molecule has 0 bridgehead atoms. The quantitative estimate of drug-likeness (QED) is 0.561. The summed E-state index contributed by atoms with van der Waals surface area (Å²) in [5, 5.41) is 2.82. The van der Waals surface area contributed by atoms with Crippen molar-refractivity contribution in [2.75, 3.05) is 18.5 Å². The largest absolute Gasteiger partial charge is 0.454 e. The lowest BCUT2D eigenvalue weighted by Gasteiger charge is -2.19. The summed E-state index contributed by atoms with van der Waals surface area (Å²) in [5.74, 6) is -2.37. The van der Waals surface area contributed by atoms with Gasteiger partial charge in [0.25, 0.3) is 5.91 Å². The van der Waals surface area contributed by atoms with Crippen LogP contribution in [-0.4, -0.2) is 41.7 Å². The van der Waals surface area contributed by atoms with E-state index in [0.717, 1.165) is 47.4 Å². The Morgan fingerprint density at radius 1 is 1.03 bits per heavy atom. The molecular weight excluding hydrogens is 372 g/mol. The smallest absolute Gasteiger partial charge is 0.326 e. The molecule has 29 heavy (non-hydrogen) atoms. The maximum absolute atomic E-state index is 12.4. The number of carbonyl (C=O) groups excluding carboxylic acids is 4. The molecule has 156 valence electrons. The van der Waals surface area contributed by atoms with Crippen LogP contribution in [0.4, 0.5) is 5.69 Å². The fourth-order valence-corrected chi connectivity index (χ4v) is 4.29. The third-order valence-electron chi connectivity index (χ3n) is 5.85. The highest BCUT2D eigenvalue weighted by molar-refractivity contribution is 6.07. The third kappa shape index (κ3) is 4.49. The average Bonchev–Trinajstić information content (AvgIpc) is 2.97. The zero-order chi connectivity index (χ0) is 21.0. The maximum atomic E-state index is 12.4. The SMILES string of the molecule is CCc1cccc(CC)c1NC(=O)COC(=O)CN1C(=O)[C@H]2CCCC[C@H]2C1=O. The lowest BCUT2D eigenvalue weighted by atomic mass is 9.81. The summed E-state index contributed by atoms with van der Waals surface area (Å²) in [6.07, 6.45) is 4.78. The monoisotopic (exact) mass is 400 g/mol. The van der Waals surface area contributed by atoms with Gasteiger partial charge >= 0.3 is 5.97 Å². The number of aryl methyl sites for hydroxylation is 2. The molecule has 1 saturated carbocycles. The molecule has 0 unspecified atom stereocenters. The molecule has 0 spiro atoms. The molecule has 1 saturated heterocycles. The van der Waals surface area contributed by atoms with Crippen LogP contribution >= 0.6 is 0 Å². The van der Waals surface area contributed by atoms with Crippen molar-refractivity contribution in [3.8, 4) is 0 Å². The summed E-state index contributed by atoms with van der Waals surface area (Å²) in [5.41, 5.74) is 2.78. The number of esters is 1. The van der Waals surface area contributed by atoms with E-state index in [0.29, 0.717) is 12.8 Å². The van der Waals surface area contributed by atoms with Gasteiger partial charge in [-0.15, -0.1) is 0 Å². The van der Waals surface area contributed by atoms with Gasteiger partial charge in [0, 0.05) is 5.69 Å². The lowest BCUT2D eigenvalue weighted by Crippen LogP contribution is -2.37. The Morgan fingerprint density at radius 3 is 2.10 bits per heavy atom. The fraction of sp³-hybridized carbons (Fsp3) is 0.545. The second-order valence-electron chi connectivity index (χ2n) is 7.63. The van der Waals surface area contributed by atoms with Crippen LogP contribution in [0.1, 0.15) is 50.7 Å². The van der Waals surface area contributed by atoms with Crippen LogP contribution in [0.3, 0.4) is 0 Å². The third-order valence-corrected chi connectivity index (χ3v) is 5.85. The zero-order valence-electron chi connectivity index (χ0n) is 17.0. The van der Waals surface area contributed by atoms with E-state index in [4.69, 9.17) is 4.74 Å². The molecule has 7 heteroatoms. The second kappa shape index (κ2) is 9.20. The molecule has 2 aliphatic rings. The minimum absolute atomic E-state index is 0.287. The van der Waals surface area contributed by atoms with Crippen LogP contribution in [0.2, 0.25) is 0 Å². The Balaban J connectivity index is 1.54. The van der Waals surface area contributed by atoms with Crippen LogP contribution in [0.5, 0.6) is 0 Å². The Bertz CT molecular complexity index is 773. The van der Waals surface area contributed by atoms with Crippen molar-refractivity contribution in [2.24, 2.45) is 11.8 Å². The first kappa shape index (κ1) is 21.0. The summed E-state index contributed by atoms with van der Waals surface area (Å²) in [4.78, 5) is 50.3. The molecular formula is C22H28N2O5. The summed E-state index contributed by atoms with van der Waals surface area (Å²) >= 11 is 0. The van der Waals surface area contributed by atoms with Gasteiger partial charge in [-0.2, -0.15) is 0 Å². The van der Waals surface area contributed by atoms with Gasteiger partial charge < -0.3 is 10.1 Å². The Labute approximate surface area is 170 Å². The number of likely N-dealkylation sites (tertiary alicyclic amines) is 1. The minimum atomic E-state index is -0.750. The number of fused-ring (bicyclic) bond motifs is 1. The number of benzene rings is 1. The molecule has 2 atom stereocenters. The van der Waals surface area contributed by atoms with Crippen LogP contribution in [0.15, 0.2) is 18.2 Å². The van der Waals surface area contributed by atoms with Crippen molar-refractivity contribution >= 4 is 29.4 Å². The number of ether oxygens (including phenoxy) is 1. The number of imide groups is 1. The maximum Gasteiger partial charge on any atom is 0.326 e. The van der Waals surface area contributed by atoms with Crippen molar-refractivity contribution < 1.29 is 23.9 Å². The topological polar surface area (TPSA) is 92.8 Å². The molecule has 3 amide bonds. The van der Waals surface area contributed by atoms with Crippen LogP contribution in [0.25, 0.3) is 0 Å². The molecule has 1 N–H and O–H groups in total. The van der Waals surface area contributed by atoms with Crippen molar-refractivity contribution in [3.63, 3.8) is 0 Å². The summed E-state index contributed by atoms with van der Waals surface area (Å²) < 4.78 is 5.04. The predicted molar refractivity (Wildman–Crippen MR) is 107 cm³/mol. The number of carbonyl (C=O) groups is 4. The van der Waals surface area contributed by atoms with E-state index in [2.05, 4.69) is 5.32 Å². The number of hydrogen-bond acceptors (Lipinski definition) is 5. The summed E-state index contributed by atoms with van der Waals surface area (Å²) in [7, 11) is 0. The molecule has 1 aliphatic heterocycles. The molecule has 0 aromatic heterocycles. The minimum Gasteiger partial charge on any atom is -0.454 e. The molecule has 1 aliphatic carbocycles. The van der Waals surface area contributed by atoms with E-state index in [1.165, 1.54) is 0 Å². The van der Waals surface area contributed by atoms with Gasteiger partial charge in [-0.05, 0) is 36.8 Å². The van der Waals surface area contributed by atoms with Gasteiger partial charge in [-0.25, -0.2) is 0 Å². The average molecular weight is 400 g/mol. The fourth-order valence-electron chi connectivity index (χ4n) is 4.29. The van der Waals surface area contributed by atoms with Gasteiger partial charge in [0.15, 0.2) is 6.61 Å². The molecule has 1 aromatic carbocycles. The first-order valence-corrected chi connectivity index (χ1v) is 10.4.